The van der Waals surface area contributed by atoms with E-state index >= 15 is 0 Å². The highest BCUT2D eigenvalue weighted by atomic mass is 32.1. The molecule has 2 heterocycles. The van der Waals surface area contributed by atoms with Crippen molar-refractivity contribution < 1.29 is 9.53 Å². The highest BCUT2D eigenvalue weighted by Crippen LogP contribution is 2.37. The maximum atomic E-state index is 12.0. The number of ether oxygens (including phenoxy) is 1. The van der Waals surface area contributed by atoms with Crippen LogP contribution in [0.3, 0.4) is 0 Å². The molecule has 0 aliphatic heterocycles. The highest BCUT2D eigenvalue weighted by Gasteiger charge is 2.20. The van der Waals surface area contributed by atoms with E-state index in [1.54, 1.807) is 12.3 Å². The number of nitrogen functional groups attached to an aromatic ring is 1. The Bertz CT molecular complexity index is 814. The van der Waals surface area contributed by atoms with Crippen LogP contribution >= 0.6 is 11.3 Å². The Kier molecular flexibility index (Phi) is 3.45. The molecule has 0 unspecified atom stereocenters. The van der Waals surface area contributed by atoms with Gasteiger partial charge < -0.3 is 15.8 Å². The van der Waals surface area contributed by atoms with Gasteiger partial charge in [0.15, 0.2) is 0 Å². The van der Waals surface area contributed by atoms with Gasteiger partial charge in [-0.2, -0.15) is 0 Å². The Morgan fingerprint density at radius 1 is 1.29 bits per heavy atom. The van der Waals surface area contributed by atoms with Crippen molar-refractivity contribution in [2.24, 2.45) is 0 Å². The number of thiophene rings is 1. The van der Waals surface area contributed by atoms with Gasteiger partial charge in [0.25, 0.3) is 0 Å². The number of pyridine rings is 1. The lowest BCUT2D eigenvalue weighted by atomic mass is 10.2. The second kappa shape index (κ2) is 5.41. The number of fused-ring (bicyclic) bond motifs is 1. The first-order chi connectivity index (χ1) is 10.2. The Morgan fingerprint density at radius 2 is 2.10 bits per heavy atom. The third kappa shape index (κ3) is 2.41. The van der Waals surface area contributed by atoms with Gasteiger partial charge in [0.05, 0.1) is 28.9 Å². The lowest BCUT2D eigenvalue weighted by molar-refractivity contribution is 0.0607. The van der Waals surface area contributed by atoms with Gasteiger partial charge in [-0.25, -0.2) is 4.79 Å². The van der Waals surface area contributed by atoms with E-state index in [1.165, 1.54) is 18.4 Å². The van der Waals surface area contributed by atoms with Crippen molar-refractivity contribution in [3.8, 4) is 0 Å². The first-order valence-corrected chi connectivity index (χ1v) is 7.09. The molecule has 6 heteroatoms. The largest absolute Gasteiger partial charge is 0.465 e. The summed E-state index contributed by atoms with van der Waals surface area (Å²) < 4.78 is 5.76. The van der Waals surface area contributed by atoms with Crippen LogP contribution < -0.4 is 11.1 Å². The Morgan fingerprint density at radius 3 is 2.86 bits per heavy atom. The number of hydrogen-bond donors (Lipinski definition) is 2. The lowest BCUT2D eigenvalue weighted by Crippen LogP contribution is -2.03. The van der Waals surface area contributed by atoms with Crippen molar-refractivity contribution in [2.45, 2.75) is 0 Å². The van der Waals surface area contributed by atoms with Crippen molar-refractivity contribution in [1.29, 1.82) is 0 Å². The van der Waals surface area contributed by atoms with Crippen LogP contribution in [-0.2, 0) is 4.74 Å². The average Bonchev–Trinajstić information content (AvgIpc) is 2.88. The summed E-state index contributed by atoms with van der Waals surface area (Å²) in [6.07, 6.45) is 1.69. The summed E-state index contributed by atoms with van der Waals surface area (Å²) in [4.78, 5) is 16.8. The maximum absolute atomic E-state index is 12.0. The summed E-state index contributed by atoms with van der Waals surface area (Å²) in [6, 6.07) is 11.1. The van der Waals surface area contributed by atoms with Gasteiger partial charge in [0.1, 0.15) is 10.4 Å². The number of methoxy groups -OCH3 is 1. The SMILES string of the molecule is COC(=O)c1sc2cccnc2c1Nc1ccccc1N. The molecular weight excluding hydrogens is 286 g/mol. The Hall–Kier alpha value is -2.60. The molecule has 21 heavy (non-hydrogen) atoms. The molecule has 3 rings (SSSR count). The van der Waals surface area contributed by atoms with Crippen LogP contribution in [0.1, 0.15) is 9.67 Å². The monoisotopic (exact) mass is 299 g/mol. The molecule has 106 valence electrons. The van der Waals surface area contributed by atoms with E-state index < -0.39 is 5.97 Å². The summed E-state index contributed by atoms with van der Waals surface area (Å²) in [5, 5.41) is 3.20. The van der Waals surface area contributed by atoms with Crippen LogP contribution in [0.5, 0.6) is 0 Å². The fourth-order valence-electron chi connectivity index (χ4n) is 2.03. The molecule has 1 aromatic carbocycles. The predicted octanol–water partition coefficient (Wildman–Crippen LogP) is 3.41. The molecule has 0 saturated carbocycles. The second-order valence-electron chi connectivity index (χ2n) is 4.36. The summed E-state index contributed by atoms with van der Waals surface area (Å²) >= 11 is 1.34. The van der Waals surface area contributed by atoms with E-state index in [4.69, 9.17) is 10.5 Å². The molecule has 0 radical (unpaired) electrons. The average molecular weight is 299 g/mol. The van der Waals surface area contributed by atoms with Gasteiger partial charge in [-0.1, -0.05) is 12.1 Å². The van der Waals surface area contributed by atoms with Gasteiger partial charge >= 0.3 is 5.97 Å². The number of esters is 1. The molecule has 3 N–H and O–H groups in total. The zero-order valence-corrected chi connectivity index (χ0v) is 12.1. The number of para-hydroxylation sites is 2. The van der Waals surface area contributed by atoms with E-state index in [0.29, 0.717) is 16.3 Å². The zero-order valence-electron chi connectivity index (χ0n) is 11.3. The van der Waals surface area contributed by atoms with Crippen molar-refractivity contribution in [2.75, 3.05) is 18.2 Å². The van der Waals surface area contributed by atoms with E-state index in [0.717, 1.165) is 15.9 Å². The number of carbonyl (C=O) groups excluding carboxylic acids is 1. The molecule has 0 aliphatic carbocycles. The molecule has 0 saturated heterocycles. The van der Waals surface area contributed by atoms with Gasteiger partial charge in [0.2, 0.25) is 0 Å². The highest BCUT2D eigenvalue weighted by molar-refractivity contribution is 7.21. The van der Waals surface area contributed by atoms with Crippen molar-refractivity contribution >= 4 is 44.6 Å². The summed E-state index contributed by atoms with van der Waals surface area (Å²) in [5.41, 5.74) is 8.63. The minimum Gasteiger partial charge on any atom is -0.465 e. The number of rotatable bonds is 3. The topological polar surface area (TPSA) is 77.2 Å². The number of carbonyl (C=O) groups is 1. The van der Waals surface area contributed by atoms with Crippen LogP contribution in [0.25, 0.3) is 10.2 Å². The number of anilines is 3. The number of nitrogens with zero attached hydrogens (tertiary/aromatic N) is 1. The smallest absolute Gasteiger partial charge is 0.350 e. The minimum absolute atomic E-state index is 0.394. The fraction of sp³-hybridized carbons (Fsp3) is 0.0667. The first-order valence-electron chi connectivity index (χ1n) is 6.28. The first kappa shape index (κ1) is 13.4. The van der Waals surface area contributed by atoms with Crippen LogP contribution in [-0.4, -0.2) is 18.1 Å². The Balaban J connectivity index is 2.15. The van der Waals surface area contributed by atoms with E-state index in [2.05, 4.69) is 10.3 Å². The van der Waals surface area contributed by atoms with Gasteiger partial charge in [-0.05, 0) is 24.3 Å². The maximum Gasteiger partial charge on any atom is 0.350 e. The van der Waals surface area contributed by atoms with Crippen LogP contribution in [0, 0.1) is 0 Å². The molecule has 0 atom stereocenters. The van der Waals surface area contributed by atoms with E-state index in [9.17, 15) is 4.79 Å². The number of nitrogens with two attached hydrogens (primary N) is 1. The quantitative estimate of drug-likeness (QED) is 0.572. The summed E-state index contributed by atoms with van der Waals surface area (Å²) in [7, 11) is 1.36. The third-order valence-corrected chi connectivity index (χ3v) is 4.16. The molecule has 5 nitrogen and oxygen atoms in total. The molecule has 0 amide bonds. The van der Waals surface area contributed by atoms with Gasteiger partial charge in [-0.15, -0.1) is 11.3 Å². The van der Waals surface area contributed by atoms with Crippen LogP contribution in [0.2, 0.25) is 0 Å². The van der Waals surface area contributed by atoms with Gasteiger partial charge in [0, 0.05) is 6.20 Å². The van der Waals surface area contributed by atoms with E-state index in [-0.39, 0.29) is 0 Å². The van der Waals surface area contributed by atoms with Crippen molar-refractivity contribution in [1.82, 2.24) is 4.98 Å². The summed E-state index contributed by atoms with van der Waals surface area (Å²) in [5.74, 6) is -0.394. The number of nitrogens with one attached hydrogen (secondary N) is 1. The van der Waals surface area contributed by atoms with Crippen molar-refractivity contribution in [3.63, 3.8) is 0 Å². The van der Waals surface area contributed by atoms with Crippen LogP contribution in [0.4, 0.5) is 17.1 Å². The normalized spacial score (nSPS) is 10.5. The Labute approximate surface area is 125 Å². The van der Waals surface area contributed by atoms with Crippen molar-refractivity contribution in [3.05, 3.63) is 47.5 Å². The standard InChI is InChI=1S/C15H13N3O2S/c1-20-15(19)14-13(12-11(21-14)7-4-8-17-12)18-10-6-3-2-5-9(10)16/h2-8,18H,16H2,1H3. The second-order valence-corrected chi connectivity index (χ2v) is 5.41. The zero-order chi connectivity index (χ0) is 14.8. The fourth-order valence-corrected chi connectivity index (χ4v) is 3.06. The molecule has 0 spiro atoms. The predicted molar refractivity (Wildman–Crippen MR) is 85.1 cm³/mol. The van der Waals surface area contributed by atoms with E-state index in [1.807, 2.05) is 30.3 Å². The molecule has 2 aromatic heterocycles. The number of hydrogen-bond acceptors (Lipinski definition) is 6. The lowest BCUT2D eigenvalue weighted by Gasteiger charge is -2.09. The molecule has 0 aliphatic rings. The molecule has 0 fully saturated rings. The molecular formula is C15H13N3O2S. The molecule has 0 bridgehead atoms. The number of aromatic nitrogens is 1. The molecule has 3 aromatic rings. The number of benzene rings is 1. The van der Waals surface area contributed by atoms with Gasteiger partial charge in [-0.3, -0.25) is 4.98 Å². The summed E-state index contributed by atoms with van der Waals surface area (Å²) in [6.45, 7) is 0. The minimum atomic E-state index is -0.394. The van der Waals surface area contributed by atoms with Crippen LogP contribution in [0.15, 0.2) is 42.6 Å². The third-order valence-electron chi connectivity index (χ3n) is 3.04.